The molecule has 2 heterocycles. The summed E-state index contributed by atoms with van der Waals surface area (Å²) >= 11 is 1.68. The van der Waals surface area contributed by atoms with E-state index in [0.29, 0.717) is 19.0 Å². The van der Waals surface area contributed by atoms with E-state index in [2.05, 4.69) is 24.2 Å². The van der Waals surface area contributed by atoms with E-state index in [-0.39, 0.29) is 12.3 Å². The van der Waals surface area contributed by atoms with Gasteiger partial charge in [-0.2, -0.15) is 0 Å². The number of aliphatic hydroxyl groups is 1. The number of rotatable bonds is 4. The number of aliphatic hydroxyl groups excluding tert-OH is 1. The van der Waals surface area contributed by atoms with Crippen LogP contribution in [0.2, 0.25) is 0 Å². The molecule has 1 N–H and O–H groups in total. The van der Waals surface area contributed by atoms with E-state index >= 15 is 0 Å². The Hall–Kier alpha value is -0.940. The fourth-order valence-corrected chi connectivity index (χ4v) is 2.79. The lowest BCUT2D eigenvalue weighted by Gasteiger charge is -2.14. The molecule has 1 amide bonds. The van der Waals surface area contributed by atoms with Crippen LogP contribution in [0.1, 0.15) is 36.9 Å². The largest absolute Gasteiger partial charge is 0.391 e. The van der Waals surface area contributed by atoms with Crippen LogP contribution in [0.5, 0.6) is 0 Å². The van der Waals surface area contributed by atoms with Crippen molar-refractivity contribution in [1.82, 2.24) is 9.88 Å². The molecule has 0 radical (unpaired) electrons. The summed E-state index contributed by atoms with van der Waals surface area (Å²) < 4.78 is 0. The summed E-state index contributed by atoms with van der Waals surface area (Å²) in [6.07, 6.45) is 0.569. The van der Waals surface area contributed by atoms with E-state index in [4.69, 9.17) is 0 Å². The van der Waals surface area contributed by atoms with Gasteiger partial charge in [-0.1, -0.05) is 13.8 Å². The van der Waals surface area contributed by atoms with Gasteiger partial charge in [0.2, 0.25) is 5.91 Å². The van der Waals surface area contributed by atoms with Crippen molar-refractivity contribution in [2.75, 3.05) is 13.1 Å². The van der Waals surface area contributed by atoms with Crippen molar-refractivity contribution in [1.29, 1.82) is 0 Å². The third kappa shape index (κ3) is 3.04. The number of carbonyl (C=O) groups excluding carboxylic acids is 1. The van der Waals surface area contributed by atoms with Crippen LogP contribution in [0.15, 0.2) is 5.38 Å². The smallest absolute Gasteiger partial charge is 0.225 e. The first kappa shape index (κ1) is 12.5. The molecule has 0 bridgehead atoms. The molecule has 0 aromatic carbocycles. The Bertz CT molecular complexity index is 403. The van der Waals surface area contributed by atoms with Crippen LogP contribution in [-0.4, -0.2) is 40.1 Å². The predicted molar refractivity (Wildman–Crippen MR) is 67.1 cm³/mol. The van der Waals surface area contributed by atoms with E-state index < -0.39 is 6.10 Å². The lowest BCUT2D eigenvalue weighted by Crippen LogP contribution is -2.28. The molecule has 1 aliphatic heterocycles. The Kier molecular flexibility index (Phi) is 3.79. The first-order valence-corrected chi connectivity index (χ1v) is 6.84. The molecule has 4 nitrogen and oxygen atoms in total. The fraction of sp³-hybridized carbons (Fsp3) is 0.667. The van der Waals surface area contributed by atoms with Crippen LogP contribution >= 0.6 is 11.3 Å². The Balaban J connectivity index is 1.87. The number of nitrogens with zero attached hydrogens (tertiary/aromatic N) is 2. The van der Waals surface area contributed by atoms with Gasteiger partial charge in [0, 0.05) is 30.8 Å². The summed E-state index contributed by atoms with van der Waals surface area (Å²) in [7, 11) is 0. The molecule has 2 rings (SSSR count). The van der Waals surface area contributed by atoms with Crippen LogP contribution in [0.4, 0.5) is 0 Å². The molecular weight excluding hydrogens is 236 g/mol. The Morgan fingerprint density at radius 1 is 1.65 bits per heavy atom. The van der Waals surface area contributed by atoms with Gasteiger partial charge in [0.15, 0.2) is 0 Å². The van der Waals surface area contributed by atoms with Gasteiger partial charge in [0.1, 0.15) is 0 Å². The number of β-amino-alcohol motifs (C(OH)–C–C–N with tert-alkyl or cyclic N) is 1. The third-order valence-corrected chi connectivity index (χ3v) is 4.09. The van der Waals surface area contributed by atoms with Crippen molar-refractivity contribution in [3.8, 4) is 0 Å². The Morgan fingerprint density at radius 2 is 2.41 bits per heavy atom. The maximum Gasteiger partial charge on any atom is 0.225 e. The molecule has 1 fully saturated rings. The lowest BCUT2D eigenvalue weighted by molar-refractivity contribution is -0.127. The number of amides is 1. The number of aromatic nitrogens is 1. The van der Waals surface area contributed by atoms with Crippen LogP contribution in [-0.2, 0) is 11.2 Å². The minimum atomic E-state index is -0.482. The molecule has 1 aromatic heterocycles. The molecule has 1 aromatic rings. The van der Waals surface area contributed by atoms with Crippen LogP contribution in [0.3, 0.4) is 0 Å². The van der Waals surface area contributed by atoms with Crippen molar-refractivity contribution in [2.24, 2.45) is 0 Å². The predicted octanol–water partition coefficient (Wildman–Crippen LogP) is 1.40. The van der Waals surface area contributed by atoms with Crippen molar-refractivity contribution < 1.29 is 9.90 Å². The minimum absolute atomic E-state index is 0.0526. The monoisotopic (exact) mass is 254 g/mol. The second kappa shape index (κ2) is 5.14. The topological polar surface area (TPSA) is 53.4 Å². The fourth-order valence-electron chi connectivity index (χ4n) is 1.92. The van der Waals surface area contributed by atoms with Crippen molar-refractivity contribution >= 4 is 17.2 Å². The van der Waals surface area contributed by atoms with E-state index in [1.807, 2.05) is 0 Å². The highest BCUT2D eigenvalue weighted by atomic mass is 32.1. The summed E-state index contributed by atoms with van der Waals surface area (Å²) in [5.41, 5.74) is 1.05. The van der Waals surface area contributed by atoms with E-state index in [1.165, 1.54) is 0 Å². The zero-order chi connectivity index (χ0) is 12.4. The molecule has 1 aliphatic rings. The normalized spacial score (nSPS) is 20.6. The van der Waals surface area contributed by atoms with E-state index in [1.54, 1.807) is 16.2 Å². The number of thiazole rings is 1. The first-order chi connectivity index (χ1) is 8.06. The molecule has 0 spiro atoms. The quantitative estimate of drug-likeness (QED) is 0.883. The van der Waals surface area contributed by atoms with Gasteiger partial charge in [0.25, 0.3) is 0 Å². The van der Waals surface area contributed by atoms with Crippen LogP contribution < -0.4 is 0 Å². The van der Waals surface area contributed by atoms with Gasteiger partial charge in [-0.3, -0.25) is 4.79 Å². The Labute approximate surface area is 105 Å². The zero-order valence-corrected chi connectivity index (χ0v) is 11.0. The van der Waals surface area contributed by atoms with Gasteiger partial charge in [-0.05, 0) is 0 Å². The van der Waals surface area contributed by atoms with Gasteiger partial charge in [-0.15, -0.1) is 11.3 Å². The van der Waals surface area contributed by atoms with Gasteiger partial charge in [0.05, 0.1) is 23.2 Å². The van der Waals surface area contributed by atoms with Gasteiger partial charge in [-0.25, -0.2) is 4.98 Å². The summed E-state index contributed by atoms with van der Waals surface area (Å²) in [5.74, 6) is 0.515. The van der Waals surface area contributed by atoms with E-state index in [9.17, 15) is 9.90 Å². The summed E-state index contributed by atoms with van der Waals surface area (Å²) in [6.45, 7) is 5.39. The Morgan fingerprint density at radius 3 is 2.94 bits per heavy atom. The molecule has 0 aliphatic carbocycles. The molecule has 1 unspecified atom stereocenters. The van der Waals surface area contributed by atoms with Crippen molar-refractivity contribution in [3.63, 3.8) is 0 Å². The average molecular weight is 254 g/mol. The number of likely N-dealkylation sites (tertiary alicyclic amines) is 1. The standard InChI is InChI=1S/C12H18N2O2S/c1-8(2)12-13-9(7-17-12)3-4-14-6-10(15)5-11(14)16/h7-8,10,15H,3-6H2,1-2H3. The highest BCUT2D eigenvalue weighted by Crippen LogP contribution is 2.20. The second-order valence-electron chi connectivity index (χ2n) is 4.78. The second-order valence-corrected chi connectivity index (χ2v) is 5.67. The number of carbonyl (C=O) groups is 1. The first-order valence-electron chi connectivity index (χ1n) is 5.96. The molecule has 1 saturated heterocycles. The lowest BCUT2D eigenvalue weighted by atomic mass is 10.2. The number of hydrogen-bond donors (Lipinski definition) is 1. The summed E-state index contributed by atoms with van der Waals surface area (Å²) in [6, 6.07) is 0. The highest BCUT2D eigenvalue weighted by molar-refractivity contribution is 7.09. The molecule has 0 saturated carbocycles. The van der Waals surface area contributed by atoms with Crippen LogP contribution in [0, 0.1) is 0 Å². The SMILES string of the molecule is CC(C)c1nc(CCN2CC(O)CC2=O)cs1. The molecule has 5 heteroatoms. The van der Waals surface area contributed by atoms with Crippen molar-refractivity contribution in [2.45, 2.75) is 38.7 Å². The third-order valence-electron chi connectivity index (χ3n) is 2.90. The molecule has 1 atom stereocenters. The highest BCUT2D eigenvalue weighted by Gasteiger charge is 2.27. The van der Waals surface area contributed by atoms with Crippen molar-refractivity contribution in [3.05, 3.63) is 16.1 Å². The summed E-state index contributed by atoms with van der Waals surface area (Å²) in [5, 5.41) is 12.6. The van der Waals surface area contributed by atoms with Crippen LogP contribution in [0.25, 0.3) is 0 Å². The average Bonchev–Trinajstić information content (AvgIpc) is 2.82. The zero-order valence-electron chi connectivity index (χ0n) is 10.2. The van der Waals surface area contributed by atoms with E-state index in [0.717, 1.165) is 17.1 Å². The maximum absolute atomic E-state index is 11.5. The van der Waals surface area contributed by atoms with Gasteiger partial charge >= 0.3 is 0 Å². The number of hydrogen-bond acceptors (Lipinski definition) is 4. The summed E-state index contributed by atoms with van der Waals surface area (Å²) in [4.78, 5) is 17.7. The minimum Gasteiger partial charge on any atom is -0.391 e. The molecule has 17 heavy (non-hydrogen) atoms. The molecule has 94 valence electrons. The maximum atomic E-state index is 11.5. The molecular formula is C12H18N2O2S. The van der Waals surface area contributed by atoms with Gasteiger partial charge < -0.3 is 10.0 Å².